The van der Waals surface area contributed by atoms with Gasteiger partial charge >= 0.3 is 11.9 Å². The van der Waals surface area contributed by atoms with Crippen LogP contribution in [0.15, 0.2) is 11.6 Å². The minimum atomic E-state index is -1.93. The molecule has 0 bridgehead atoms. The monoisotopic (exact) mass is 202 g/mol. The van der Waals surface area contributed by atoms with Crippen molar-refractivity contribution in [2.45, 2.75) is 32.7 Å². The van der Waals surface area contributed by atoms with Crippen molar-refractivity contribution in [2.24, 2.45) is 0 Å². The van der Waals surface area contributed by atoms with E-state index in [1.807, 2.05) is 0 Å². The molecule has 1 fully saturated rings. The minimum Gasteiger partial charge on any atom is -0.403 e. The molecule has 0 spiro atoms. The zero-order chi connectivity index (χ0) is 10.6. The van der Waals surface area contributed by atoms with E-state index in [2.05, 4.69) is 14.5 Å². The predicted octanol–water partition coefficient (Wildman–Crippen LogP) is 0.884. The van der Waals surface area contributed by atoms with E-state index in [0.717, 1.165) is 5.57 Å². The normalized spacial score (nSPS) is 26.8. The third-order valence-electron chi connectivity index (χ3n) is 1.58. The Balaban J connectivity index is 2.49. The fourth-order valence-corrected chi connectivity index (χ4v) is 1.02. The molecular formula is C9H14O5. The maximum absolute atomic E-state index is 11.1. The van der Waals surface area contributed by atoms with E-state index in [-0.39, 0.29) is 6.42 Å². The Morgan fingerprint density at radius 3 is 2.79 bits per heavy atom. The van der Waals surface area contributed by atoms with Gasteiger partial charge in [-0.2, -0.15) is 4.89 Å². The Labute approximate surface area is 82.2 Å². The van der Waals surface area contributed by atoms with Gasteiger partial charge in [-0.05, 0) is 20.3 Å². The quantitative estimate of drug-likeness (QED) is 0.312. The van der Waals surface area contributed by atoms with E-state index in [1.165, 1.54) is 6.08 Å². The molecule has 5 heteroatoms. The lowest BCUT2D eigenvalue weighted by atomic mass is 10.2. The standard InChI is InChI=1S/C9H14O5/c1-7(2)6-8(10)13-9(11)4-3-5-12-14-9/h6,11H,3-5H2,1-2H3. The zero-order valence-corrected chi connectivity index (χ0v) is 8.28. The van der Waals surface area contributed by atoms with Crippen molar-refractivity contribution in [3.8, 4) is 0 Å². The van der Waals surface area contributed by atoms with E-state index in [4.69, 9.17) is 0 Å². The zero-order valence-electron chi connectivity index (χ0n) is 8.28. The van der Waals surface area contributed by atoms with E-state index in [9.17, 15) is 9.90 Å². The summed E-state index contributed by atoms with van der Waals surface area (Å²) in [7, 11) is 0. The van der Waals surface area contributed by atoms with Crippen LogP contribution in [0.25, 0.3) is 0 Å². The van der Waals surface area contributed by atoms with Gasteiger partial charge < -0.3 is 9.84 Å². The first-order valence-corrected chi connectivity index (χ1v) is 4.43. The van der Waals surface area contributed by atoms with Crippen molar-refractivity contribution in [2.75, 3.05) is 6.61 Å². The Morgan fingerprint density at radius 2 is 2.29 bits per heavy atom. The first-order chi connectivity index (χ1) is 6.52. The van der Waals surface area contributed by atoms with Gasteiger partial charge in [0.1, 0.15) is 0 Å². The molecule has 0 aromatic heterocycles. The molecule has 1 rings (SSSR count). The molecule has 0 aromatic rings. The van der Waals surface area contributed by atoms with E-state index >= 15 is 0 Å². The first-order valence-electron chi connectivity index (χ1n) is 4.43. The van der Waals surface area contributed by atoms with Gasteiger partial charge in [-0.25, -0.2) is 9.68 Å². The van der Waals surface area contributed by atoms with Gasteiger partial charge in [-0.1, -0.05) is 5.57 Å². The number of hydrogen-bond donors (Lipinski definition) is 1. The second-order valence-electron chi connectivity index (χ2n) is 3.36. The van der Waals surface area contributed by atoms with Crippen LogP contribution in [0.3, 0.4) is 0 Å². The van der Waals surface area contributed by atoms with Crippen LogP contribution in [-0.2, 0) is 19.3 Å². The van der Waals surface area contributed by atoms with Gasteiger partial charge in [-0.15, -0.1) is 0 Å². The lowest BCUT2D eigenvalue weighted by Gasteiger charge is -2.28. The van der Waals surface area contributed by atoms with Crippen LogP contribution in [0.1, 0.15) is 26.7 Å². The number of ether oxygens (including phenoxy) is 1. The van der Waals surface area contributed by atoms with E-state index < -0.39 is 11.9 Å². The molecule has 1 N–H and O–H groups in total. The molecule has 14 heavy (non-hydrogen) atoms. The van der Waals surface area contributed by atoms with E-state index in [0.29, 0.717) is 13.0 Å². The maximum Gasteiger partial charge on any atom is 0.354 e. The molecule has 1 aliphatic rings. The van der Waals surface area contributed by atoms with Crippen molar-refractivity contribution in [3.05, 3.63) is 11.6 Å². The fraction of sp³-hybridized carbons (Fsp3) is 0.667. The van der Waals surface area contributed by atoms with Crippen LogP contribution < -0.4 is 0 Å². The van der Waals surface area contributed by atoms with Crippen LogP contribution >= 0.6 is 0 Å². The number of esters is 1. The highest BCUT2D eigenvalue weighted by Crippen LogP contribution is 2.22. The van der Waals surface area contributed by atoms with Crippen LogP contribution in [-0.4, -0.2) is 23.7 Å². The number of aliphatic hydroxyl groups is 1. The molecule has 1 unspecified atom stereocenters. The summed E-state index contributed by atoms with van der Waals surface area (Å²) in [5, 5.41) is 9.54. The molecule has 1 saturated heterocycles. The Morgan fingerprint density at radius 1 is 1.57 bits per heavy atom. The van der Waals surface area contributed by atoms with Gasteiger partial charge in [0.05, 0.1) is 6.61 Å². The number of hydrogen-bond acceptors (Lipinski definition) is 5. The fourth-order valence-electron chi connectivity index (χ4n) is 1.02. The van der Waals surface area contributed by atoms with Crippen molar-refractivity contribution >= 4 is 5.97 Å². The molecule has 1 heterocycles. The van der Waals surface area contributed by atoms with Crippen LogP contribution in [0.4, 0.5) is 0 Å². The molecular weight excluding hydrogens is 188 g/mol. The first kappa shape index (κ1) is 11.2. The molecule has 1 aliphatic heterocycles. The van der Waals surface area contributed by atoms with Gasteiger partial charge in [0.25, 0.3) is 0 Å². The van der Waals surface area contributed by atoms with Crippen molar-refractivity contribution in [1.82, 2.24) is 0 Å². The molecule has 80 valence electrons. The molecule has 0 saturated carbocycles. The second kappa shape index (κ2) is 4.54. The van der Waals surface area contributed by atoms with Crippen molar-refractivity contribution in [1.29, 1.82) is 0 Å². The number of carbonyl (C=O) groups excluding carboxylic acids is 1. The summed E-state index contributed by atoms with van der Waals surface area (Å²) >= 11 is 0. The molecule has 0 aliphatic carbocycles. The molecule has 0 radical (unpaired) electrons. The summed E-state index contributed by atoms with van der Waals surface area (Å²) in [5.41, 5.74) is 0.787. The van der Waals surface area contributed by atoms with E-state index in [1.54, 1.807) is 13.8 Å². The SMILES string of the molecule is CC(C)=CC(=O)OC1(O)CCCOO1. The molecule has 0 amide bonds. The van der Waals surface area contributed by atoms with Gasteiger partial charge in [0, 0.05) is 12.5 Å². The highest BCUT2D eigenvalue weighted by atomic mass is 17.3. The lowest BCUT2D eigenvalue weighted by molar-refractivity contribution is -0.503. The predicted molar refractivity (Wildman–Crippen MR) is 46.7 cm³/mol. The number of carbonyl (C=O) groups is 1. The van der Waals surface area contributed by atoms with Crippen molar-refractivity contribution < 1.29 is 24.4 Å². The largest absolute Gasteiger partial charge is 0.403 e. The maximum atomic E-state index is 11.1. The third kappa shape index (κ3) is 3.45. The smallest absolute Gasteiger partial charge is 0.354 e. The van der Waals surface area contributed by atoms with Crippen LogP contribution in [0.5, 0.6) is 0 Å². The number of allylic oxidation sites excluding steroid dienone is 1. The van der Waals surface area contributed by atoms with Crippen LogP contribution in [0, 0.1) is 0 Å². The second-order valence-corrected chi connectivity index (χ2v) is 3.36. The van der Waals surface area contributed by atoms with Gasteiger partial charge in [0.2, 0.25) is 0 Å². The Hall–Kier alpha value is -0.910. The van der Waals surface area contributed by atoms with Gasteiger partial charge in [-0.3, -0.25) is 0 Å². The third-order valence-corrected chi connectivity index (χ3v) is 1.58. The molecule has 5 nitrogen and oxygen atoms in total. The van der Waals surface area contributed by atoms with Crippen molar-refractivity contribution in [3.63, 3.8) is 0 Å². The topological polar surface area (TPSA) is 65.0 Å². The Kier molecular flexibility index (Phi) is 3.62. The summed E-state index contributed by atoms with van der Waals surface area (Å²) < 4.78 is 4.68. The van der Waals surface area contributed by atoms with Gasteiger partial charge in [0.15, 0.2) is 0 Å². The average Bonchev–Trinajstić information content (AvgIpc) is 2.02. The van der Waals surface area contributed by atoms with Crippen LogP contribution in [0.2, 0.25) is 0 Å². The summed E-state index contributed by atoms with van der Waals surface area (Å²) in [6, 6.07) is 0. The summed E-state index contributed by atoms with van der Waals surface area (Å²) in [4.78, 5) is 20.2. The lowest BCUT2D eigenvalue weighted by Crippen LogP contribution is -2.40. The summed E-state index contributed by atoms with van der Waals surface area (Å²) in [6.45, 7) is 3.90. The highest BCUT2D eigenvalue weighted by molar-refractivity contribution is 5.82. The number of rotatable bonds is 2. The average molecular weight is 202 g/mol. The minimum absolute atomic E-state index is 0.218. The molecule has 0 aromatic carbocycles. The molecule has 1 atom stereocenters. The highest BCUT2D eigenvalue weighted by Gasteiger charge is 2.36. The Bertz CT molecular complexity index is 236. The summed E-state index contributed by atoms with van der Waals surface area (Å²) in [6.07, 6.45) is 2.07. The summed E-state index contributed by atoms with van der Waals surface area (Å²) in [5.74, 6) is -2.57.